The van der Waals surface area contributed by atoms with Gasteiger partial charge in [-0.25, -0.2) is 9.97 Å². The molecule has 0 aliphatic heterocycles. The lowest BCUT2D eigenvalue weighted by atomic mass is 10.1. The molecule has 3 heterocycles. The number of fused-ring (bicyclic) bond motifs is 2. The van der Waals surface area contributed by atoms with Crippen molar-refractivity contribution in [1.82, 2.24) is 20.4 Å². The lowest BCUT2D eigenvalue weighted by Gasteiger charge is -2.13. The molecular formula is C19H18N4O2S. The van der Waals surface area contributed by atoms with E-state index < -0.39 is 0 Å². The second kappa shape index (κ2) is 6.49. The maximum absolute atomic E-state index is 12.8. The van der Waals surface area contributed by atoms with Crippen molar-refractivity contribution in [2.45, 2.75) is 33.2 Å². The van der Waals surface area contributed by atoms with Crippen LogP contribution < -0.4 is 5.32 Å². The maximum atomic E-state index is 12.8. The predicted molar refractivity (Wildman–Crippen MR) is 102 cm³/mol. The van der Waals surface area contributed by atoms with E-state index in [0.29, 0.717) is 28.8 Å². The van der Waals surface area contributed by atoms with E-state index in [1.54, 1.807) is 17.4 Å². The summed E-state index contributed by atoms with van der Waals surface area (Å²) >= 11 is 1.66. The van der Waals surface area contributed by atoms with Crippen LogP contribution in [0.3, 0.4) is 0 Å². The van der Waals surface area contributed by atoms with E-state index in [2.05, 4.69) is 26.5 Å². The molecule has 1 unspecified atom stereocenters. The second-order valence-electron chi connectivity index (χ2n) is 6.41. The van der Waals surface area contributed by atoms with Crippen LogP contribution in [-0.4, -0.2) is 27.1 Å². The highest BCUT2D eigenvalue weighted by Crippen LogP contribution is 2.24. The smallest absolute Gasteiger partial charge is 0.258 e. The summed E-state index contributed by atoms with van der Waals surface area (Å²) < 4.78 is 6.37. The average Bonchev–Trinajstić information content (AvgIpc) is 3.16. The van der Waals surface area contributed by atoms with Gasteiger partial charge < -0.3 is 9.84 Å². The molecule has 0 aliphatic carbocycles. The predicted octanol–water partition coefficient (Wildman–Crippen LogP) is 3.81. The Morgan fingerprint density at radius 3 is 2.88 bits per heavy atom. The van der Waals surface area contributed by atoms with Gasteiger partial charge in [0.1, 0.15) is 0 Å². The van der Waals surface area contributed by atoms with Gasteiger partial charge in [-0.2, -0.15) is 0 Å². The molecule has 0 bridgehead atoms. The fraction of sp³-hybridized carbons (Fsp3) is 0.263. The van der Waals surface area contributed by atoms with Crippen LogP contribution in [0.4, 0.5) is 0 Å². The number of hydrogen-bond donors (Lipinski definition) is 1. The summed E-state index contributed by atoms with van der Waals surface area (Å²) in [6, 6.07) is 9.77. The van der Waals surface area contributed by atoms with Gasteiger partial charge >= 0.3 is 0 Å². The fourth-order valence-electron chi connectivity index (χ4n) is 3.02. The van der Waals surface area contributed by atoms with Gasteiger partial charge in [0.2, 0.25) is 0 Å². The number of carbonyl (C=O) groups excluding carboxylic acids is 1. The second-order valence-corrected chi connectivity index (χ2v) is 7.53. The quantitative estimate of drug-likeness (QED) is 0.594. The zero-order valence-electron chi connectivity index (χ0n) is 14.7. The summed E-state index contributed by atoms with van der Waals surface area (Å²) in [5.74, 6) is -0.152. The molecule has 132 valence electrons. The Morgan fingerprint density at radius 1 is 1.27 bits per heavy atom. The SMILES string of the molecule is Cc1cc(C(=O)NC(C)Cc2nc3ccccc3s2)c2c(C)noc2n1. The van der Waals surface area contributed by atoms with Crippen LogP contribution in [0.5, 0.6) is 0 Å². The Hall–Kier alpha value is -2.80. The number of rotatable bonds is 4. The minimum atomic E-state index is -0.152. The number of carbonyl (C=O) groups is 1. The molecular weight excluding hydrogens is 348 g/mol. The fourth-order valence-corrected chi connectivity index (χ4v) is 4.11. The Kier molecular flexibility index (Phi) is 4.16. The number of nitrogens with one attached hydrogen (secondary N) is 1. The number of thiazole rings is 1. The van der Waals surface area contributed by atoms with Crippen LogP contribution in [0.25, 0.3) is 21.3 Å². The minimum absolute atomic E-state index is 0.0493. The third-order valence-electron chi connectivity index (χ3n) is 4.19. The van der Waals surface area contributed by atoms with Crippen molar-refractivity contribution in [2.24, 2.45) is 0 Å². The number of aryl methyl sites for hydroxylation is 2. The highest BCUT2D eigenvalue weighted by atomic mass is 32.1. The number of pyridine rings is 1. The van der Waals surface area contributed by atoms with Gasteiger partial charge in [0.15, 0.2) is 0 Å². The van der Waals surface area contributed by atoms with E-state index in [1.807, 2.05) is 39.0 Å². The summed E-state index contributed by atoms with van der Waals surface area (Å²) in [5, 5.41) is 8.66. The molecule has 1 atom stereocenters. The number of benzene rings is 1. The molecule has 1 aromatic carbocycles. The van der Waals surface area contributed by atoms with Gasteiger partial charge in [-0.1, -0.05) is 17.3 Å². The first-order chi connectivity index (χ1) is 12.5. The summed E-state index contributed by atoms with van der Waals surface area (Å²) in [7, 11) is 0. The van der Waals surface area contributed by atoms with Crippen LogP contribution >= 0.6 is 11.3 Å². The summed E-state index contributed by atoms with van der Waals surface area (Å²) in [5.41, 5.74) is 3.32. The number of amides is 1. The molecule has 1 amide bonds. The van der Waals surface area contributed by atoms with Crippen molar-refractivity contribution in [3.05, 3.63) is 52.3 Å². The summed E-state index contributed by atoms with van der Waals surface area (Å²) in [4.78, 5) is 21.7. The van der Waals surface area contributed by atoms with E-state index in [0.717, 1.165) is 20.9 Å². The van der Waals surface area contributed by atoms with Crippen molar-refractivity contribution in [1.29, 1.82) is 0 Å². The lowest BCUT2D eigenvalue weighted by molar-refractivity contribution is 0.0941. The molecule has 3 aromatic heterocycles. The van der Waals surface area contributed by atoms with Crippen molar-refractivity contribution in [3.8, 4) is 0 Å². The van der Waals surface area contributed by atoms with Gasteiger partial charge in [-0.15, -0.1) is 11.3 Å². The molecule has 0 radical (unpaired) electrons. The summed E-state index contributed by atoms with van der Waals surface area (Å²) in [6.07, 6.45) is 0.681. The molecule has 1 N–H and O–H groups in total. The van der Waals surface area contributed by atoms with Crippen LogP contribution in [0.15, 0.2) is 34.9 Å². The number of nitrogens with zero attached hydrogens (tertiary/aromatic N) is 3. The first kappa shape index (κ1) is 16.7. The van der Waals surface area contributed by atoms with E-state index in [4.69, 9.17) is 4.52 Å². The Morgan fingerprint density at radius 2 is 2.08 bits per heavy atom. The van der Waals surface area contributed by atoms with Crippen LogP contribution in [0.2, 0.25) is 0 Å². The molecule has 4 rings (SSSR count). The minimum Gasteiger partial charge on any atom is -0.349 e. The van der Waals surface area contributed by atoms with Gasteiger partial charge in [-0.3, -0.25) is 4.79 Å². The third kappa shape index (κ3) is 3.06. The number of hydrogen-bond acceptors (Lipinski definition) is 6. The first-order valence-corrected chi connectivity index (χ1v) is 9.22. The monoisotopic (exact) mass is 366 g/mol. The molecule has 6 nitrogen and oxygen atoms in total. The van der Waals surface area contributed by atoms with E-state index in [1.165, 1.54) is 0 Å². The highest BCUT2D eigenvalue weighted by Gasteiger charge is 2.19. The van der Waals surface area contributed by atoms with Crippen molar-refractivity contribution < 1.29 is 9.32 Å². The maximum Gasteiger partial charge on any atom is 0.258 e. The zero-order valence-corrected chi connectivity index (χ0v) is 15.6. The van der Waals surface area contributed by atoms with E-state index in [-0.39, 0.29) is 11.9 Å². The number of para-hydroxylation sites is 1. The van der Waals surface area contributed by atoms with Crippen LogP contribution in [-0.2, 0) is 6.42 Å². The average molecular weight is 366 g/mol. The molecule has 0 aliphatic rings. The molecule has 0 saturated heterocycles. The zero-order chi connectivity index (χ0) is 18.3. The Balaban J connectivity index is 1.55. The van der Waals surface area contributed by atoms with Crippen LogP contribution in [0, 0.1) is 13.8 Å². The Labute approximate surface area is 154 Å². The topological polar surface area (TPSA) is 80.9 Å². The summed E-state index contributed by atoms with van der Waals surface area (Å²) in [6.45, 7) is 5.62. The number of aromatic nitrogens is 3. The standard InChI is InChI=1S/C19H18N4O2S/c1-10-8-13(17-12(3)23-25-19(17)21-10)18(24)20-11(2)9-16-22-14-6-4-5-7-15(14)26-16/h4-8,11H,9H2,1-3H3,(H,20,24). The Bertz CT molecular complexity index is 1080. The highest BCUT2D eigenvalue weighted by molar-refractivity contribution is 7.18. The van der Waals surface area contributed by atoms with Crippen molar-refractivity contribution >= 4 is 38.6 Å². The van der Waals surface area contributed by atoms with E-state index in [9.17, 15) is 4.79 Å². The van der Waals surface area contributed by atoms with Gasteiger partial charge in [0.25, 0.3) is 11.6 Å². The van der Waals surface area contributed by atoms with Crippen LogP contribution in [0.1, 0.15) is 33.7 Å². The molecule has 4 aromatic rings. The molecule has 0 spiro atoms. The molecule has 26 heavy (non-hydrogen) atoms. The lowest BCUT2D eigenvalue weighted by Crippen LogP contribution is -2.34. The van der Waals surface area contributed by atoms with E-state index >= 15 is 0 Å². The molecule has 7 heteroatoms. The largest absolute Gasteiger partial charge is 0.349 e. The van der Waals surface area contributed by atoms with Crippen molar-refractivity contribution in [2.75, 3.05) is 0 Å². The molecule has 0 fully saturated rings. The normalized spacial score (nSPS) is 12.6. The van der Waals surface area contributed by atoms with Gasteiger partial charge in [0.05, 0.1) is 31.9 Å². The van der Waals surface area contributed by atoms with Gasteiger partial charge in [0, 0.05) is 18.2 Å². The third-order valence-corrected chi connectivity index (χ3v) is 5.24. The molecule has 0 saturated carbocycles. The van der Waals surface area contributed by atoms with Crippen molar-refractivity contribution in [3.63, 3.8) is 0 Å². The first-order valence-electron chi connectivity index (χ1n) is 8.40. The van der Waals surface area contributed by atoms with Gasteiger partial charge in [-0.05, 0) is 39.0 Å².